The van der Waals surface area contributed by atoms with E-state index in [0.717, 1.165) is 50.5 Å². The third-order valence-corrected chi connectivity index (χ3v) is 5.80. The molecule has 3 aliphatic heterocycles. The van der Waals surface area contributed by atoms with E-state index in [1.54, 1.807) is 5.06 Å². The number of aryl methyl sites for hydroxylation is 2. The number of ether oxygens (including phenoxy) is 1. The summed E-state index contributed by atoms with van der Waals surface area (Å²) in [5, 5.41) is 5.60. The molecule has 0 bridgehead atoms. The summed E-state index contributed by atoms with van der Waals surface area (Å²) >= 11 is 0. The molecule has 3 aliphatic rings. The lowest BCUT2D eigenvalue weighted by molar-refractivity contribution is -0.198. The van der Waals surface area contributed by atoms with Gasteiger partial charge < -0.3 is 9.26 Å². The Bertz CT molecular complexity index is 606. The molecule has 3 saturated heterocycles. The number of rotatable bonds is 4. The SMILES string of the molecule is Cc1noc(C)c1CN1C[C@@H]2[C@@H](CC(=O)N3CCCCO3)CO[C@@H]2C1. The van der Waals surface area contributed by atoms with Gasteiger partial charge in [-0.3, -0.25) is 14.5 Å². The standard InChI is InChI=1S/C18H27N3O4/c1-12-15(13(2)25-19-12)8-20-9-16-14(11-23-17(16)10-20)7-18(22)21-5-3-4-6-24-21/h14,16-17H,3-11H2,1-2H3/t14-,16+,17+/m0/s1. The van der Waals surface area contributed by atoms with Crippen molar-refractivity contribution in [2.45, 2.75) is 45.8 Å². The van der Waals surface area contributed by atoms with Gasteiger partial charge in [-0.25, -0.2) is 5.06 Å². The smallest absolute Gasteiger partial charge is 0.246 e. The summed E-state index contributed by atoms with van der Waals surface area (Å²) in [4.78, 5) is 20.4. The molecule has 0 spiro atoms. The highest BCUT2D eigenvalue weighted by Crippen LogP contribution is 2.36. The largest absolute Gasteiger partial charge is 0.376 e. The van der Waals surface area contributed by atoms with Gasteiger partial charge in [0.2, 0.25) is 5.91 Å². The lowest BCUT2D eigenvalue weighted by Crippen LogP contribution is -2.37. The van der Waals surface area contributed by atoms with E-state index in [2.05, 4.69) is 10.1 Å². The molecule has 138 valence electrons. The van der Waals surface area contributed by atoms with Gasteiger partial charge in [-0.15, -0.1) is 0 Å². The highest BCUT2D eigenvalue weighted by atomic mass is 16.7. The highest BCUT2D eigenvalue weighted by Gasteiger charge is 2.45. The number of hydrogen-bond acceptors (Lipinski definition) is 6. The molecule has 4 heterocycles. The van der Waals surface area contributed by atoms with Gasteiger partial charge in [0.15, 0.2) is 0 Å². The molecule has 7 heteroatoms. The normalized spacial score (nSPS) is 30.0. The van der Waals surface area contributed by atoms with Crippen LogP contribution in [-0.2, 0) is 20.9 Å². The van der Waals surface area contributed by atoms with Gasteiger partial charge >= 0.3 is 0 Å². The van der Waals surface area contributed by atoms with Crippen molar-refractivity contribution < 1.29 is 18.9 Å². The first kappa shape index (κ1) is 17.0. The molecule has 7 nitrogen and oxygen atoms in total. The molecule has 25 heavy (non-hydrogen) atoms. The highest BCUT2D eigenvalue weighted by molar-refractivity contribution is 5.75. The van der Waals surface area contributed by atoms with Crippen molar-refractivity contribution in [1.82, 2.24) is 15.1 Å². The van der Waals surface area contributed by atoms with Crippen LogP contribution < -0.4 is 0 Å². The topological polar surface area (TPSA) is 68.0 Å². The van der Waals surface area contributed by atoms with Crippen molar-refractivity contribution >= 4 is 5.91 Å². The van der Waals surface area contributed by atoms with Crippen LogP contribution in [0.25, 0.3) is 0 Å². The van der Waals surface area contributed by atoms with E-state index < -0.39 is 0 Å². The fraction of sp³-hybridized carbons (Fsp3) is 0.778. The van der Waals surface area contributed by atoms with Crippen LogP contribution in [-0.4, -0.2) is 60.0 Å². The second-order valence-corrected chi connectivity index (χ2v) is 7.53. The van der Waals surface area contributed by atoms with E-state index in [4.69, 9.17) is 14.1 Å². The first-order valence-corrected chi connectivity index (χ1v) is 9.31. The van der Waals surface area contributed by atoms with E-state index in [-0.39, 0.29) is 17.9 Å². The van der Waals surface area contributed by atoms with Crippen molar-refractivity contribution in [3.63, 3.8) is 0 Å². The van der Waals surface area contributed by atoms with Crippen LogP contribution in [0.4, 0.5) is 0 Å². The summed E-state index contributed by atoms with van der Waals surface area (Å²) in [7, 11) is 0. The summed E-state index contributed by atoms with van der Waals surface area (Å²) in [6.45, 7) is 8.74. The molecule has 0 saturated carbocycles. The van der Waals surface area contributed by atoms with Gasteiger partial charge in [0, 0.05) is 44.1 Å². The molecular formula is C18H27N3O4. The summed E-state index contributed by atoms with van der Waals surface area (Å²) < 4.78 is 11.3. The fourth-order valence-corrected chi connectivity index (χ4v) is 4.29. The van der Waals surface area contributed by atoms with Crippen molar-refractivity contribution in [1.29, 1.82) is 0 Å². The lowest BCUT2D eigenvalue weighted by Gasteiger charge is -2.27. The molecule has 0 N–H and O–H groups in total. The van der Waals surface area contributed by atoms with Gasteiger partial charge in [-0.05, 0) is 32.6 Å². The maximum Gasteiger partial charge on any atom is 0.246 e. The quantitative estimate of drug-likeness (QED) is 0.824. The van der Waals surface area contributed by atoms with Gasteiger partial charge in [-0.2, -0.15) is 0 Å². The molecule has 3 fully saturated rings. The number of carbonyl (C=O) groups excluding carboxylic acids is 1. The summed E-state index contributed by atoms with van der Waals surface area (Å²) in [5.41, 5.74) is 2.14. The molecular weight excluding hydrogens is 322 g/mol. The Labute approximate surface area is 148 Å². The molecule has 0 aromatic carbocycles. The van der Waals surface area contributed by atoms with Crippen LogP contribution in [0.5, 0.6) is 0 Å². The van der Waals surface area contributed by atoms with Crippen molar-refractivity contribution in [2.75, 3.05) is 32.8 Å². The van der Waals surface area contributed by atoms with Gasteiger partial charge in [0.25, 0.3) is 0 Å². The predicted octanol–water partition coefficient (Wildman–Crippen LogP) is 1.68. The minimum absolute atomic E-state index is 0.109. The first-order chi connectivity index (χ1) is 12.1. The number of fused-ring (bicyclic) bond motifs is 1. The zero-order valence-electron chi connectivity index (χ0n) is 15.1. The van der Waals surface area contributed by atoms with E-state index in [0.29, 0.717) is 25.6 Å². The third kappa shape index (κ3) is 3.45. The molecule has 1 aromatic rings. The monoisotopic (exact) mass is 349 g/mol. The maximum absolute atomic E-state index is 12.5. The summed E-state index contributed by atoms with van der Waals surface area (Å²) in [6, 6.07) is 0. The number of likely N-dealkylation sites (tertiary alicyclic amines) is 1. The lowest BCUT2D eigenvalue weighted by atomic mass is 9.90. The fourth-order valence-electron chi connectivity index (χ4n) is 4.29. The Kier molecular flexibility index (Phi) is 4.80. The van der Waals surface area contributed by atoms with Crippen LogP contribution >= 0.6 is 0 Å². The Morgan fingerprint density at radius 1 is 1.28 bits per heavy atom. The number of carbonyl (C=O) groups is 1. The molecule has 1 aromatic heterocycles. The first-order valence-electron chi connectivity index (χ1n) is 9.31. The second kappa shape index (κ2) is 7.05. The van der Waals surface area contributed by atoms with E-state index >= 15 is 0 Å². The predicted molar refractivity (Wildman–Crippen MR) is 89.5 cm³/mol. The molecule has 4 rings (SSSR count). The zero-order valence-corrected chi connectivity index (χ0v) is 15.1. The Morgan fingerprint density at radius 3 is 2.88 bits per heavy atom. The van der Waals surface area contributed by atoms with Crippen molar-refractivity contribution in [3.05, 3.63) is 17.0 Å². The third-order valence-electron chi connectivity index (χ3n) is 5.80. The number of amides is 1. The Balaban J connectivity index is 1.34. The van der Waals surface area contributed by atoms with Crippen LogP contribution in [0.15, 0.2) is 4.52 Å². The van der Waals surface area contributed by atoms with Crippen LogP contribution in [0.2, 0.25) is 0 Å². The Hall–Kier alpha value is -1.44. The number of hydroxylamine groups is 2. The minimum Gasteiger partial charge on any atom is -0.376 e. The van der Waals surface area contributed by atoms with Crippen LogP contribution in [0.1, 0.15) is 36.3 Å². The molecule has 0 aliphatic carbocycles. The average molecular weight is 349 g/mol. The zero-order chi connectivity index (χ0) is 17.4. The molecule has 0 radical (unpaired) electrons. The van der Waals surface area contributed by atoms with Crippen LogP contribution in [0, 0.1) is 25.7 Å². The summed E-state index contributed by atoms with van der Waals surface area (Å²) in [6.07, 6.45) is 2.84. The van der Waals surface area contributed by atoms with Crippen molar-refractivity contribution in [2.24, 2.45) is 11.8 Å². The number of hydrogen-bond donors (Lipinski definition) is 0. The number of nitrogens with zero attached hydrogens (tertiary/aromatic N) is 3. The summed E-state index contributed by atoms with van der Waals surface area (Å²) in [5.74, 6) is 1.72. The van der Waals surface area contributed by atoms with Gasteiger partial charge in [-0.1, -0.05) is 5.16 Å². The second-order valence-electron chi connectivity index (χ2n) is 7.53. The van der Waals surface area contributed by atoms with Gasteiger partial charge in [0.05, 0.1) is 25.0 Å². The van der Waals surface area contributed by atoms with E-state index in [9.17, 15) is 4.79 Å². The van der Waals surface area contributed by atoms with E-state index in [1.165, 1.54) is 5.56 Å². The molecule has 0 unspecified atom stereocenters. The van der Waals surface area contributed by atoms with Crippen LogP contribution in [0.3, 0.4) is 0 Å². The maximum atomic E-state index is 12.5. The minimum atomic E-state index is 0.109. The number of aromatic nitrogens is 1. The Morgan fingerprint density at radius 2 is 2.16 bits per heavy atom. The average Bonchev–Trinajstić information content (AvgIpc) is 3.28. The van der Waals surface area contributed by atoms with Crippen molar-refractivity contribution in [3.8, 4) is 0 Å². The van der Waals surface area contributed by atoms with Gasteiger partial charge in [0.1, 0.15) is 5.76 Å². The molecule has 1 amide bonds. The van der Waals surface area contributed by atoms with E-state index in [1.807, 2.05) is 13.8 Å². The molecule has 3 atom stereocenters.